The maximum atomic E-state index is 11.8. The van der Waals surface area contributed by atoms with Gasteiger partial charge in [0, 0.05) is 17.7 Å². The Kier molecular flexibility index (Phi) is 8.32. The quantitative estimate of drug-likeness (QED) is 0.306. The Hall–Kier alpha value is -3.56. The van der Waals surface area contributed by atoms with Crippen molar-refractivity contribution in [2.24, 2.45) is 0 Å². The number of carboxylic acids is 1. The van der Waals surface area contributed by atoms with Crippen LogP contribution in [0.25, 0.3) is 11.1 Å². The van der Waals surface area contributed by atoms with Crippen molar-refractivity contribution >= 4 is 15.8 Å². The van der Waals surface area contributed by atoms with Crippen LogP contribution in [0.15, 0.2) is 48.5 Å². The molecule has 1 N–H and O–H groups in total. The van der Waals surface area contributed by atoms with Crippen LogP contribution in [0.3, 0.4) is 0 Å². The van der Waals surface area contributed by atoms with Gasteiger partial charge in [0.15, 0.2) is 0 Å². The largest absolute Gasteiger partial charge is 0.494 e. The highest BCUT2D eigenvalue weighted by Crippen LogP contribution is 2.40. The summed E-state index contributed by atoms with van der Waals surface area (Å²) in [5.74, 6) is 1.65. The van der Waals surface area contributed by atoms with Gasteiger partial charge in [0.05, 0.1) is 38.1 Å². The molecule has 5 rings (SSSR count). The summed E-state index contributed by atoms with van der Waals surface area (Å²) in [5.41, 5.74) is 7.16. The van der Waals surface area contributed by atoms with E-state index in [-0.39, 0.29) is 17.9 Å². The van der Waals surface area contributed by atoms with Gasteiger partial charge in [-0.25, -0.2) is 8.42 Å². The summed E-state index contributed by atoms with van der Waals surface area (Å²) in [7, 11) is -3.00. The van der Waals surface area contributed by atoms with E-state index in [0.29, 0.717) is 38.6 Å². The number of aliphatic carboxylic acids is 1. The molecular formula is C31H34O8S. The molecule has 212 valence electrons. The van der Waals surface area contributed by atoms with Gasteiger partial charge >= 0.3 is 5.97 Å². The molecule has 0 saturated carbocycles. The molecule has 2 aliphatic rings. The number of fused-ring (bicyclic) bond motifs is 4. The van der Waals surface area contributed by atoms with Gasteiger partial charge in [-0.3, -0.25) is 4.79 Å². The average molecular weight is 567 g/mol. The minimum absolute atomic E-state index is 0.0534. The van der Waals surface area contributed by atoms with Crippen molar-refractivity contribution in [3.05, 3.63) is 76.3 Å². The van der Waals surface area contributed by atoms with E-state index in [2.05, 4.69) is 13.0 Å². The van der Waals surface area contributed by atoms with E-state index in [0.717, 1.165) is 56.9 Å². The molecule has 0 radical (unpaired) electrons. The standard InChI is InChI=1S/C31H34O8S/c1-3-40(34,35)12-4-10-36-25-13-20(2)31-22(15-25)9-11-37-28-8-5-21(14-27(28)31)18-38-24-6-7-26-23(16-24)19-39-29(26)17-30(32)33/h5-8,13-16,29H,3-4,9-12,17-19H2,1-2H3,(H,32,33)/t29-/m0/s1. The Morgan fingerprint density at radius 1 is 1.05 bits per heavy atom. The predicted molar refractivity (Wildman–Crippen MR) is 151 cm³/mol. The molecule has 40 heavy (non-hydrogen) atoms. The Balaban J connectivity index is 1.29. The third kappa shape index (κ3) is 6.42. The third-order valence-corrected chi connectivity index (χ3v) is 9.10. The summed E-state index contributed by atoms with van der Waals surface area (Å²) in [6.07, 6.45) is 0.722. The van der Waals surface area contributed by atoms with E-state index < -0.39 is 21.9 Å². The minimum atomic E-state index is -3.00. The molecule has 8 nitrogen and oxygen atoms in total. The van der Waals surface area contributed by atoms with Crippen molar-refractivity contribution in [3.63, 3.8) is 0 Å². The van der Waals surface area contributed by atoms with Crippen molar-refractivity contribution in [2.75, 3.05) is 24.7 Å². The predicted octanol–water partition coefficient (Wildman–Crippen LogP) is 5.43. The maximum absolute atomic E-state index is 11.8. The van der Waals surface area contributed by atoms with E-state index in [1.165, 1.54) is 0 Å². The summed E-state index contributed by atoms with van der Waals surface area (Å²) >= 11 is 0. The first-order valence-electron chi connectivity index (χ1n) is 13.5. The van der Waals surface area contributed by atoms with E-state index in [1.807, 2.05) is 42.5 Å². The van der Waals surface area contributed by atoms with E-state index in [9.17, 15) is 13.2 Å². The maximum Gasteiger partial charge on any atom is 0.306 e. The lowest BCUT2D eigenvalue weighted by Crippen LogP contribution is -2.12. The Bertz CT molecular complexity index is 1510. The first kappa shape index (κ1) is 28.0. The van der Waals surface area contributed by atoms with Gasteiger partial charge in [0.25, 0.3) is 0 Å². The topological polar surface area (TPSA) is 108 Å². The Labute approximate surface area is 234 Å². The van der Waals surface area contributed by atoms with Gasteiger partial charge in [-0.2, -0.15) is 0 Å². The number of ether oxygens (including phenoxy) is 4. The third-order valence-electron chi connectivity index (χ3n) is 7.31. The average Bonchev–Trinajstić information content (AvgIpc) is 3.21. The summed E-state index contributed by atoms with van der Waals surface area (Å²) in [6, 6.07) is 15.8. The van der Waals surface area contributed by atoms with Crippen molar-refractivity contribution in [3.8, 4) is 28.4 Å². The highest BCUT2D eigenvalue weighted by Gasteiger charge is 2.26. The van der Waals surface area contributed by atoms with Crippen molar-refractivity contribution in [1.29, 1.82) is 0 Å². The van der Waals surface area contributed by atoms with Crippen LogP contribution in [0.4, 0.5) is 0 Å². The number of benzene rings is 3. The molecule has 1 atom stereocenters. The van der Waals surface area contributed by atoms with Crippen LogP contribution < -0.4 is 14.2 Å². The number of rotatable bonds is 11. The van der Waals surface area contributed by atoms with Crippen LogP contribution in [0.2, 0.25) is 0 Å². The van der Waals surface area contributed by atoms with E-state index >= 15 is 0 Å². The van der Waals surface area contributed by atoms with Crippen LogP contribution in [0.1, 0.15) is 53.7 Å². The Morgan fingerprint density at radius 3 is 2.67 bits per heavy atom. The molecule has 3 aromatic carbocycles. The molecule has 0 aliphatic carbocycles. The fraction of sp³-hybridized carbons (Fsp3) is 0.387. The van der Waals surface area contributed by atoms with Crippen molar-refractivity contribution in [1.82, 2.24) is 0 Å². The minimum Gasteiger partial charge on any atom is -0.494 e. The summed E-state index contributed by atoms with van der Waals surface area (Å²) in [4.78, 5) is 11.1. The zero-order valence-corrected chi connectivity index (χ0v) is 23.6. The summed E-state index contributed by atoms with van der Waals surface area (Å²) in [6.45, 7) is 5.35. The smallest absolute Gasteiger partial charge is 0.306 e. The van der Waals surface area contributed by atoms with Crippen LogP contribution in [0.5, 0.6) is 17.2 Å². The number of aryl methyl sites for hydroxylation is 1. The SMILES string of the molecule is CCS(=O)(=O)CCCOc1cc(C)c2c(c1)CCOc1ccc(COc3ccc4c(c3)CO[C@H]4CC(=O)O)cc1-2. The molecule has 0 unspecified atom stereocenters. The second-order valence-corrected chi connectivity index (χ2v) is 12.7. The van der Waals surface area contributed by atoms with E-state index in [1.54, 1.807) is 6.92 Å². The van der Waals surface area contributed by atoms with Gasteiger partial charge < -0.3 is 24.1 Å². The Morgan fingerprint density at radius 2 is 1.88 bits per heavy atom. The van der Waals surface area contributed by atoms with Gasteiger partial charge in [-0.15, -0.1) is 0 Å². The molecule has 9 heteroatoms. The normalized spacial score (nSPS) is 15.8. The number of sulfone groups is 1. The second-order valence-electron chi connectivity index (χ2n) is 10.2. The lowest BCUT2D eigenvalue weighted by atomic mass is 9.92. The van der Waals surface area contributed by atoms with Crippen LogP contribution in [-0.4, -0.2) is 44.2 Å². The molecule has 0 aromatic heterocycles. The van der Waals surface area contributed by atoms with Crippen molar-refractivity contribution < 1.29 is 37.3 Å². The number of hydrogen-bond donors (Lipinski definition) is 1. The summed E-state index contributed by atoms with van der Waals surface area (Å²) in [5, 5.41) is 9.10. The molecule has 0 bridgehead atoms. The lowest BCUT2D eigenvalue weighted by Gasteiger charge is -2.16. The number of hydrogen-bond acceptors (Lipinski definition) is 7. The van der Waals surface area contributed by atoms with Crippen molar-refractivity contribution in [2.45, 2.75) is 52.4 Å². The highest BCUT2D eigenvalue weighted by molar-refractivity contribution is 7.91. The number of carbonyl (C=O) groups is 1. The van der Waals surface area contributed by atoms with E-state index in [4.69, 9.17) is 24.1 Å². The van der Waals surface area contributed by atoms with Crippen LogP contribution in [-0.2, 0) is 39.0 Å². The first-order valence-corrected chi connectivity index (χ1v) is 15.4. The zero-order valence-electron chi connectivity index (χ0n) is 22.8. The molecule has 0 amide bonds. The fourth-order valence-electron chi connectivity index (χ4n) is 5.25. The number of carboxylic acid groups (broad SMARTS) is 1. The molecule has 0 fully saturated rings. The van der Waals surface area contributed by atoms with Gasteiger partial charge in [0.2, 0.25) is 0 Å². The zero-order chi connectivity index (χ0) is 28.3. The van der Waals surface area contributed by atoms with Crippen LogP contribution >= 0.6 is 0 Å². The molecule has 2 aliphatic heterocycles. The molecule has 0 spiro atoms. The molecular weight excluding hydrogens is 532 g/mol. The van der Waals surface area contributed by atoms with Gasteiger partial charge in [-0.05, 0) is 83.1 Å². The fourth-order valence-corrected chi connectivity index (χ4v) is 6.09. The summed E-state index contributed by atoms with van der Waals surface area (Å²) < 4.78 is 47.3. The second kappa shape index (κ2) is 11.9. The van der Waals surface area contributed by atoms with Gasteiger partial charge in [0.1, 0.15) is 33.7 Å². The molecule has 3 aromatic rings. The van der Waals surface area contributed by atoms with Gasteiger partial charge in [-0.1, -0.05) is 19.1 Å². The highest BCUT2D eigenvalue weighted by atomic mass is 32.2. The molecule has 0 saturated heterocycles. The lowest BCUT2D eigenvalue weighted by molar-refractivity contribution is -0.140. The van der Waals surface area contributed by atoms with Crippen LogP contribution in [0, 0.1) is 6.92 Å². The monoisotopic (exact) mass is 566 g/mol. The molecule has 2 heterocycles. The first-order chi connectivity index (χ1) is 19.2.